The third kappa shape index (κ3) is 1.87. The van der Waals surface area contributed by atoms with Crippen molar-refractivity contribution in [2.45, 2.75) is 0 Å². The molecule has 17 heavy (non-hydrogen) atoms. The quantitative estimate of drug-likeness (QED) is 0.446. The second-order valence-corrected chi connectivity index (χ2v) is 5.17. The van der Waals surface area contributed by atoms with Crippen LogP contribution in [0.25, 0.3) is 21.5 Å². The summed E-state index contributed by atoms with van der Waals surface area (Å²) in [4.78, 5) is 0. The predicted octanol–water partition coefficient (Wildman–Crippen LogP) is 5.95. The molecule has 0 bridgehead atoms. The van der Waals surface area contributed by atoms with E-state index >= 15 is 0 Å². The van der Waals surface area contributed by atoms with E-state index < -0.39 is 0 Å². The average molecular weight is 282 g/mol. The summed E-state index contributed by atoms with van der Waals surface area (Å²) in [7, 11) is 0. The molecule has 0 amide bonds. The number of rotatable bonds is 0. The number of hydrogen-bond acceptors (Lipinski definition) is 0. The van der Waals surface area contributed by atoms with Gasteiger partial charge in [0.1, 0.15) is 0 Å². The first kappa shape index (κ1) is 11.2. The first-order valence-corrected chi connectivity index (χ1v) is 6.25. The van der Waals surface area contributed by atoms with Gasteiger partial charge in [0.25, 0.3) is 0 Å². The van der Waals surface area contributed by atoms with E-state index in [0.29, 0.717) is 10.0 Å². The highest BCUT2D eigenvalue weighted by atomic mass is 35.5. The zero-order chi connectivity index (χ0) is 12.0. The predicted molar refractivity (Wildman–Crippen MR) is 76.5 cm³/mol. The van der Waals surface area contributed by atoms with Gasteiger partial charge in [-0.3, -0.25) is 0 Å². The minimum Gasteiger partial charge on any atom is -0.0843 e. The highest BCUT2D eigenvalue weighted by Crippen LogP contribution is 2.33. The summed E-state index contributed by atoms with van der Waals surface area (Å²) in [6.45, 7) is 0. The fourth-order valence-electron chi connectivity index (χ4n) is 2.03. The third-order valence-electron chi connectivity index (χ3n) is 2.84. The molecule has 0 aromatic heterocycles. The lowest BCUT2D eigenvalue weighted by molar-refractivity contribution is 1.76. The van der Waals surface area contributed by atoms with Gasteiger partial charge in [-0.2, -0.15) is 0 Å². The van der Waals surface area contributed by atoms with Crippen molar-refractivity contribution in [2.24, 2.45) is 0 Å². The fourth-order valence-corrected chi connectivity index (χ4v) is 2.55. The topological polar surface area (TPSA) is 0 Å². The molecule has 0 aliphatic heterocycles. The zero-order valence-corrected chi connectivity index (χ0v) is 10.9. The first-order valence-electron chi connectivity index (χ1n) is 5.12. The van der Waals surface area contributed by atoms with E-state index in [1.807, 2.05) is 42.5 Å². The second kappa shape index (κ2) is 4.06. The van der Waals surface area contributed by atoms with Crippen molar-refractivity contribution in [2.75, 3.05) is 0 Å². The lowest BCUT2D eigenvalue weighted by Gasteiger charge is -2.06. The van der Waals surface area contributed by atoms with Crippen LogP contribution in [-0.4, -0.2) is 0 Å². The number of hydrogen-bond donors (Lipinski definition) is 0. The molecule has 3 rings (SSSR count). The van der Waals surface area contributed by atoms with Gasteiger partial charge in [0.05, 0.1) is 10.0 Å². The van der Waals surface area contributed by atoms with E-state index in [1.165, 1.54) is 0 Å². The van der Waals surface area contributed by atoms with Gasteiger partial charge in [0.15, 0.2) is 0 Å². The standard InChI is InChI=1S/C14H7Cl3/c15-10-3-4-11-8(5-10)1-2-9-6-13(16)14(17)7-12(9)11/h1-7H. The molecule has 0 saturated heterocycles. The molecular weight excluding hydrogens is 275 g/mol. The summed E-state index contributed by atoms with van der Waals surface area (Å²) < 4.78 is 0. The molecule has 0 heterocycles. The second-order valence-electron chi connectivity index (χ2n) is 3.92. The molecule has 3 heteroatoms. The normalized spacial score (nSPS) is 11.2. The molecule has 0 atom stereocenters. The Morgan fingerprint density at radius 3 is 2.00 bits per heavy atom. The molecule has 3 aromatic carbocycles. The molecular formula is C14H7Cl3. The Kier molecular flexibility index (Phi) is 2.67. The average Bonchev–Trinajstić information content (AvgIpc) is 2.30. The van der Waals surface area contributed by atoms with Crippen molar-refractivity contribution in [1.29, 1.82) is 0 Å². The van der Waals surface area contributed by atoms with E-state index in [9.17, 15) is 0 Å². The molecule has 0 saturated carbocycles. The van der Waals surface area contributed by atoms with Gasteiger partial charge in [-0.25, -0.2) is 0 Å². The van der Waals surface area contributed by atoms with Crippen molar-refractivity contribution in [3.05, 3.63) is 57.5 Å². The molecule has 0 fully saturated rings. The van der Waals surface area contributed by atoms with Gasteiger partial charge >= 0.3 is 0 Å². The summed E-state index contributed by atoms with van der Waals surface area (Å²) in [6.07, 6.45) is 0. The van der Waals surface area contributed by atoms with E-state index in [0.717, 1.165) is 26.6 Å². The van der Waals surface area contributed by atoms with Crippen LogP contribution in [0.3, 0.4) is 0 Å². The Morgan fingerprint density at radius 2 is 1.24 bits per heavy atom. The summed E-state index contributed by atoms with van der Waals surface area (Å²) in [6, 6.07) is 13.7. The lowest BCUT2D eigenvalue weighted by atomic mass is 10.0. The minimum absolute atomic E-state index is 0.571. The van der Waals surface area contributed by atoms with Crippen molar-refractivity contribution in [1.82, 2.24) is 0 Å². The minimum atomic E-state index is 0.571. The van der Waals surface area contributed by atoms with Crippen LogP contribution in [-0.2, 0) is 0 Å². The molecule has 0 spiro atoms. The molecule has 0 aliphatic rings. The van der Waals surface area contributed by atoms with Gasteiger partial charge < -0.3 is 0 Å². The van der Waals surface area contributed by atoms with Crippen molar-refractivity contribution < 1.29 is 0 Å². The van der Waals surface area contributed by atoms with Gasteiger partial charge in [-0.15, -0.1) is 0 Å². The van der Waals surface area contributed by atoms with E-state index in [4.69, 9.17) is 34.8 Å². The summed E-state index contributed by atoms with van der Waals surface area (Å²) in [5.41, 5.74) is 0. The van der Waals surface area contributed by atoms with Crippen LogP contribution in [0.4, 0.5) is 0 Å². The molecule has 0 aliphatic carbocycles. The molecule has 3 aromatic rings. The monoisotopic (exact) mass is 280 g/mol. The van der Waals surface area contributed by atoms with E-state index in [-0.39, 0.29) is 0 Å². The molecule has 0 nitrogen and oxygen atoms in total. The maximum absolute atomic E-state index is 6.06. The van der Waals surface area contributed by atoms with Crippen LogP contribution in [0.1, 0.15) is 0 Å². The molecule has 0 N–H and O–H groups in total. The first-order chi connectivity index (χ1) is 8.15. The Morgan fingerprint density at radius 1 is 0.588 bits per heavy atom. The fraction of sp³-hybridized carbons (Fsp3) is 0. The Labute approximate surface area is 114 Å². The largest absolute Gasteiger partial charge is 0.0843 e. The van der Waals surface area contributed by atoms with Gasteiger partial charge in [0, 0.05) is 5.02 Å². The van der Waals surface area contributed by atoms with Crippen LogP contribution < -0.4 is 0 Å². The van der Waals surface area contributed by atoms with Gasteiger partial charge in [-0.05, 0) is 45.8 Å². The van der Waals surface area contributed by atoms with E-state index in [1.54, 1.807) is 0 Å². The van der Waals surface area contributed by atoms with E-state index in [2.05, 4.69) is 0 Å². The van der Waals surface area contributed by atoms with Gasteiger partial charge in [-0.1, -0.05) is 53.0 Å². The number of fused-ring (bicyclic) bond motifs is 3. The Balaban J connectivity index is 2.50. The smallest absolute Gasteiger partial charge is 0.0598 e. The maximum Gasteiger partial charge on any atom is 0.0598 e. The Hall–Kier alpha value is -0.950. The van der Waals surface area contributed by atoms with Crippen LogP contribution in [0.5, 0.6) is 0 Å². The zero-order valence-electron chi connectivity index (χ0n) is 8.68. The van der Waals surface area contributed by atoms with Crippen LogP contribution >= 0.6 is 34.8 Å². The third-order valence-corrected chi connectivity index (χ3v) is 3.80. The van der Waals surface area contributed by atoms with Crippen LogP contribution in [0, 0.1) is 0 Å². The summed E-state index contributed by atoms with van der Waals surface area (Å²) in [5, 5.41) is 6.28. The number of halogens is 3. The molecule has 0 unspecified atom stereocenters. The maximum atomic E-state index is 6.06. The van der Waals surface area contributed by atoms with Crippen LogP contribution in [0.2, 0.25) is 15.1 Å². The highest BCUT2D eigenvalue weighted by molar-refractivity contribution is 6.43. The number of benzene rings is 3. The molecule has 84 valence electrons. The van der Waals surface area contributed by atoms with Crippen molar-refractivity contribution >= 4 is 56.3 Å². The Bertz CT molecular complexity index is 732. The highest BCUT2D eigenvalue weighted by Gasteiger charge is 2.05. The summed E-state index contributed by atoms with van der Waals surface area (Å²) >= 11 is 18.1. The van der Waals surface area contributed by atoms with Gasteiger partial charge in [0.2, 0.25) is 0 Å². The lowest BCUT2D eigenvalue weighted by Crippen LogP contribution is -1.79. The van der Waals surface area contributed by atoms with Crippen LogP contribution in [0.15, 0.2) is 42.5 Å². The van der Waals surface area contributed by atoms with Crippen molar-refractivity contribution in [3.63, 3.8) is 0 Å². The SMILES string of the molecule is Clc1ccc2c(ccc3cc(Cl)c(Cl)cc32)c1. The summed E-state index contributed by atoms with van der Waals surface area (Å²) in [5.74, 6) is 0. The van der Waals surface area contributed by atoms with Crippen molar-refractivity contribution in [3.8, 4) is 0 Å². The molecule has 0 radical (unpaired) electrons.